The third-order valence-corrected chi connectivity index (χ3v) is 7.83. The van der Waals surface area contributed by atoms with Gasteiger partial charge in [-0.25, -0.2) is 8.42 Å². The zero-order valence-corrected chi connectivity index (χ0v) is 19.3. The van der Waals surface area contributed by atoms with E-state index >= 15 is 0 Å². The molecule has 0 aromatic heterocycles. The van der Waals surface area contributed by atoms with Gasteiger partial charge < -0.3 is 15.4 Å². The Labute approximate surface area is 195 Å². The van der Waals surface area contributed by atoms with E-state index in [2.05, 4.69) is 10.6 Å². The molecular formula is C21H21Cl2N3O5S. The molecule has 170 valence electrons. The number of morpholine rings is 1. The highest BCUT2D eigenvalue weighted by Crippen LogP contribution is 2.31. The lowest BCUT2D eigenvalue weighted by atomic mass is 10.1. The van der Waals surface area contributed by atoms with Gasteiger partial charge in [0.05, 0.1) is 28.8 Å². The molecule has 2 fully saturated rings. The highest BCUT2D eigenvalue weighted by atomic mass is 35.5. The van der Waals surface area contributed by atoms with Crippen LogP contribution in [0.5, 0.6) is 0 Å². The standard InChI is InChI=1S/C21H21Cl2N3O5S/c22-17-12-18(23)19(32(29,30)26-6-8-31-9-7-26)11-16(17)21(28)25-15-3-1-2-13(10-15)20(27)24-14-4-5-14/h1-3,10-12,14H,4-9H2,(H,24,27)(H,25,28). The average molecular weight is 498 g/mol. The summed E-state index contributed by atoms with van der Waals surface area (Å²) >= 11 is 12.4. The number of rotatable bonds is 6. The second-order valence-electron chi connectivity index (χ2n) is 7.56. The zero-order valence-electron chi connectivity index (χ0n) is 16.9. The lowest BCUT2D eigenvalue weighted by molar-refractivity contribution is 0.0730. The molecule has 4 rings (SSSR count). The average Bonchev–Trinajstić information content (AvgIpc) is 3.58. The number of nitrogens with one attached hydrogen (secondary N) is 2. The van der Waals surface area contributed by atoms with Crippen molar-refractivity contribution in [2.45, 2.75) is 23.8 Å². The molecule has 1 saturated carbocycles. The van der Waals surface area contributed by atoms with Crippen molar-refractivity contribution in [3.63, 3.8) is 0 Å². The number of hydrogen-bond acceptors (Lipinski definition) is 5. The van der Waals surface area contributed by atoms with Gasteiger partial charge in [0.15, 0.2) is 0 Å². The summed E-state index contributed by atoms with van der Waals surface area (Å²) in [5, 5.41) is 5.49. The number of nitrogens with zero attached hydrogens (tertiary/aromatic N) is 1. The van der Waals surface area contributed by atoms with Gasteiger partial charge in [0, 0.05) is 30.4 Å². The Morgan fingerprint density at radius 2 is 1.72 bits per heavy atom. The van der Waals surface area contributed by atoms with E-state index in [1.54, 1.807) is 24.3 Å². The number of sulfonamides is 1. The van der Waals surface area contributed by atoms with E-state index in [9.17, 15) is 18.0 Å². The smallest absolute Gasteiger partial charge is 0.257 e. The van der Waals surface area contributed by atoms with Crippen molar-refractivity contribution in [1.82, 2.24) is 9.62 Å². The van der Waals surface area contributed by atoms with E-state index in [-0.39, 0.29) is 58.8 Å². The summed E-state index contributed by atoms with van der Waals surface area (Å²) in [5.74, 6) is -0.836. The second kappa shape index (κ2) is 9.36. The molecule has 2 aromatic carbocycles. The van der Waals surface area contributed by atoms with Crippen LogP contribution in [0.25, 0.3) is 0 Å². The first-order valence-corrected chi connectivity index (χ1v) is 12.2. The number of hydrogen-bond donors (Lipinski definition) is 2. The normalized spacial score (nSPS) is 17.1. The number of anilines is 1. The molecule has 1 saturated heterocycles. The molecule has 0 spiro atoms. The van der Waals surface area contributed by atoms with Crippen molar-refractivity contribution in [3.05, 3.63) is 57.6 Å². The number of amides is 2. The third kappa shape index (κ3) is 5.07. The maximum Gasteiger partial charge on any atom is 0.257 e. The molecule has 1 heterocycles. The molecular weight excluding hydrogens is 477 g/mol. The van der Waals surface area contributed by atoms with Crippen LogP contribution in [0.3, 0.4) is 0 Å². The lowest BCUT2D eigenvalue weighted by Crippen LogP contribution is -2.40. The lowest BCUT2D eigenvalue weighted by Gasteiger charge is -2.26. The fourth-order valence-electron chi connectivity index (χ4n) is 3.26. The predicted molar refractivity (Wildman–Crippen MR) is 121 cm³/mol. The summed E-state index contributed by atoms with van der Waals surface area (Å²) in [7, 11) is -3.93. The van der Waals surface area contributed by atoms with Crippen molar-refractivity contribution < 1.29 is 22.7 Å². The van der Waals surface area contributed by atoms with Crippen molar-refractivity contribution in [3.8, 4) is 0 Å². The Bertz CT molecular complexity index is 1160. The Hall–Kier alpha value is -2.17. The first-order chi connectivity index (χ1) is 15.3. The van der Waals surface area contributed by atoms with Crippen LogP contribution in [0, 0.1) is 0 Å². The third-order valence-electron chi connectivity index (χ3n) is 5.15. The molecule has 0 radical (unpaired) electrons. The number of halogens is 2. The molecule has 0 bridgehead atoms. The molecule has 2 amide bonds. The fraction of sp³-hybridized carbons (Fsp3) is 0.333. The summed E-state index contributed by atoms with van der Waals surface area (Å²) in [6, 6.07) is 9.09. The SMILES string of the molecule is O=C(NC1CC1)c1cccc(NC(=O)c2cc(S(=O)(=O)N3CCOCC3)c(Cl)cc2Cl)c1. The molecule has 2 N–H and O–H groups in total. The quantitative estimate of drug-likeness (QED) is 0.637. The molecule has 0 unspecified atom stereocenters. The fourth-order valence-corrected chi connectivity index (χ4v) is 5.50. The Balaban J connectivity index is 1.57. The van der Waals surface area contributed by atoms with Gasteiger partial charge in [-0.15, -0.1) is 0 Å². The van der Waals surface area contributed by atoms with Gasteiger partial charge >= 0.3 is 0 Å². The summed E-state index contributed by atoms with van der Waals surface area (Å²) in [6.07, 6.45) is 1.93. The number of benzene rings is 2. The van der Waals surface area contributed by atoms with Crippen LogP contribution in [0.1, 0.15) is 33.6 Å². The van der Waals surface area contributed by atoms with Crippen LogP contribution < -0.4 is 10.6 Å². The van der Waals surface area contributed by atoms with Gasteiger partial charge in [-0.2, -0.15) is 4.31 Å². The Morgan fingerprint density at radius 1 is 1.00 bits per heavy atom. The molecule has 1 aliphatic carbocycles. The monoisotopic (exact) mass is 497 g/mol. The number of carbonyl (C=O) groups is 2. The Morgan fingerprint density at radius 3 is 2.41 bits per heavy atom. The van der Waals surface area contributed by atoms with E-state index in [0.29, 0.717) is 11.3 Å². The van der Waals surface area contributed by atoms with Crippen LogP contribution in [-0.2, 0) is 14.8 Å². The van der Waals surface area contributed by atoms with Gasteiger partial charge in [0.25, 0.3) is 11.8 Å². The first kappa shape index (κ1) is 23.0. The molecule has 11 heteroatoms. The van der Waals surface area contributed by atoms with Crippen LogP contribution in [0.4, 0.5) is 5.69 Å². The molecule has 8 nitrogen and oxygen atoms in total. The summed E-state index contributed by atoms with van der Waals surface area (Å²) < 4.78 is 32.5. The van der Waals surface area contributed by atoms with E-state index in [1.165, 1.54) is 16.4 Å². The van der Waals surface area contributed by atoms with Crippen LogP contribution >= 0.6 is 23.2 Å². The van der Waals surface area contributed by atoms with E-state index < -0.39 is 15.9 Å². The van der Waals surface area contributed by atoms with Crippen molar-refractivity contribution in [2.24, 2.45) is 0 Å². The molecule has 0 atom stereocenters. The van der Waals surface area contributed by atoms with Gasteiger partial charge in [0.2, 0.25) is 10.0 Å². The van der Waals surface area contributed by atoms with Gasteiger partial charge in [-0.05, 0) is 43.2 Å². The highest BCUT2D eigenvalue weighted by molar-refractivity contribution is 7.89. The van der Waals surface area contributed by atoms with Crippen LogP contribution in [0.15, 0.2) is 41.3 Å². The topological polar surface area (TPSA) is 105 Å². The maximum absolute atomic E-state index is 13.0. The minimum Gasteiger partial charge on any atom is -0.379 e. The molecule has 2 aromatic rings. The minimum atomic E-state index is -3.93. The van der Waals surface area contributed by atoms with Crippen LogP contribution in [-0.4, -0.2) is 56.9 Å². The predicted octanol–water partition coefficient (Wildman–Crippen LogP) is 3.16. The van der Waals surface area contributed by atoms with Crippen molar-refractivity contribution >= 4 is 50.7 Å². The van der Waals surface area contributed by atoms with Gasteiger partial charge in [0.1, 0.15) is 4.90 Å². The summed E-state index contributed by atoms with van der Waals surface area (Å²) in [5.41, 5.74) is 0.741. The van der Waals surface area contributed by atoms with Gasteiger partial charge in [-0.1, -0.05) is 29.3 Å². The minimum absolute atomic E-state index is 0.0102. The van der Waals surface area contributed by atoms with Crippen molar-refractivity contribution in [2.75, 3.05) is 31.6 Å². The first-order valence-electron chi connectivity index (χ1n) is 10.0. The van der Waals surface area contributed by atoms with E-state index in [4.69, 9.17) is 27.9 Å². The largest absolute Gasteiger partial charge is 0.379 e. The second-order valence-corrected chi connectivity index (χ2v) is 10.3. The molecule has 32 heavy (non-hydrogen) atoms. The number of ether oxygens (including phenoxy) is 1. The van der Waals surface area contributed by atoms with E-state index in [1.807, 2.05) is 0 Å². The van der Waals surface area contributed by atoms with Crippen LogP contribution in [0.2, 0.25) is 10.0 Å². The summed E-state index contributed by atoms with van der Waals surface area (Å²) in [6.45, 7) is 0.946. The molecule has 1 aliphatic heterocycles. The van der Waals surface area contributed by atoms with E-state index in [0.717, 1.165) is 12.8 Å². The highest BCUT2D eigenvalue weighted by Gasteiger charge is 2.30. The summed E-state index contributed by atoms with van der Waals surface area (Å²) in [4.78, 5) is 25.0. The zero-order chi connectivity index (χ0) is 22.9. The Kier molecular flexibility index (Phi) is 6.73. The maximum atomic E-state index is 13.0. The van der Waals surface area contributed by atoms with Gasteiger partial charge in [-0.3, -0.25) is 9.59 Å². The molecule has 2 aliphatic rings. The van der Waals surface area contributed by atoms with Crippen molar-refractivity contribution in [1.29, 1.82) is 0 Å². The number of carbonyl (C=O) groups excluding carboxylic acids is 2.